The van der Waals surface area contributed by atoms with Crippen molar-refractivity contribution in [1.82, 2.24) is 9.80 Å². The van der Waals surface area contributed by atoms with Crippen LogP contribution in [0.25, 0.3) is 0 Å². The van der Waals surface area contributed by atoms with Crippen LogP contribution in [0.15, 0.2) is 0 Å². The van der Waals surface area contributed by atoms with Gasteiger partial charge >= 0.3 is 75.3 Å². The summed E-state index contributed by atoms with van der Waals surface area (Å²) in [5.74, 6) is -4.91. The average molecular weight is 390 g/mol. The Hall–Kier alpha value is -0.0571. The molecule has 0 amide bonds. The van der Waals surface area contributed by atoms with Crippen molar-refractivity contribution in [3.8, 4) is 0 Å². The molecule has 123 valence electrons. The molecule has 0 rings (SSSR count). The second kappa shape index (κ2) is 14.5. The minimum atomic E-state index is -1.23. The van der Waals surface area contributed by atoms with Crippen molar-refractivity contribution in [3.05, 3.63) is 0 Å². The largest absolute Gasteiger partial charge is 1.00 e. The molecule has 0 aliphatic heterocycles. The first-order valence-corrected chi connectivity index (χ1v) is 5.52. The van der Waals surface area contributed by atoms with Crippen LogP contribution in [0.3, 0.4) is 0 Å². The van der Waals surface area contributed by atoms with Crippen LogP contribution in [0.4, 0.5) is 0 Å². The minimum Gasteiger partial charge on any atom is -0.480 e. The van der Waals surface area contributed by atoms with Crippen LogP contribution in [-0.4, -0.2) is 93.4 Å². The van der Waals surface area contributed by atoms with Crippen LogP contribution < -0.4 is 51.4 Å². The smallest absolute Gasteiger partial charge is 0.480 e. The second-order valence-electron chi connectivity index (χ2n) is 4.00. The van der Waals surface area contributed by atoms with E-state index >= 15 is 0 Å². The van der Waals surface area contributed by atoms with Crippen LogP contribution in [0.5, 0.6) is 0 Å². The minimum absolute atomic E-state index is 0. The molecule has 10 nitrogen and oxygen atoms in total. The van der Waals surface area contributed by atoms with E-state index < -0.39 is 50.1 Å². The molecule has 0 unspecified atom stereocenters. The van der Waals surface area contributed by atoms with Crippen LogP contribution in [-0.2, 0) is 36.0 Å². The number of hydrogen-bond acceptors (Lipinski definition) is 6. The Morgan fingerprint density at radius 1 is 0.591 bits per heavy atom. The maximum absolute atomic E-state index is 10.6. The van der Waals surface area contributed by atoms with E-state index in [1.54, 1.807) is 0 Å². The number of carboxylic acids is 4. The number of carboxylic acid groups (broad SMARTS) is 4. The summed E-state index contributed by atoms with van der Waals surface area (Å²) in [4.78, 5) is 44.4. The third-order valence-electron chi connectivity index (χ3n) is 2.17. The molecule has 22 heavy (non-hydrogen) atoms. The molecule has 0 heterocycles. The third kappa shape index (κ3) is 16.3. The summed E-state index contributed by atoms with van der Waals surface area (Å²) in [7, 11) is 0. The Morgan fingerprint density at radius 3 is 0.909 bits per heavy atom. The van der Waals surface area contributed by atoms with Crippen molar-refractivity contribution in [3.63, 3.8) is 0 Å². The van der Waals surface area contributed by atoms with Crippen molar-refractivity contribution in [1.29, 1.82) is 0 Å². The molecule has 1 radical (unpaired) electrons. The van der Waals surface area contributed by atoms with E-state index in [1.165, 1.54) is 0 Å². The first-order chi connectivity index (χ1) is 9.20. The quantitative estimate of drug-likeness (QED) is 0.252. The van der Waals surface area contributed by atoms with Crippen molar-refractivity contribution < 1.29 is 108 Å². The Morgan fingerprint density at radius 2 is 0.773 bits per heavy atom. The number of carbonyl (C=O) groups is 4. The van der Waals surface area contributed by atoms with E-state index in [0.29, 0.717) is 0 Å². The summed E-state index contributed by atoms with van der Waals surface area (Å²) in [6, 6.07) is 0. The van der Waals surface area contributed by atoms with E-state index in [2.05, 4.69) is 0 Å². The summed E-state index contributed by atoms with van der Waals surface area (Å²) in [6.45, 7) is -2.25. The summed E-state index contributed by atoms with van der Waals surface area (Å²) in [6.07, 6.45) is 0. The standard InChI is InChI=1S/C10H16N2O8.Co.K/c13-7(14)3-11(4-8(15)16)1-2-12(5-9(17)18)6-10(19)20;;/h1-6H2,(H,13,14)(H,15,16)(H,17,18)(H,19,20);;/q;;+1. The molecule has 0 aromatic heterocycles. The Kier molecular flexibility index (Phi) is 17.7. The SMILES string of the molecule is O=C(O)CN(CCN(CC(=O)O)CC(=O)O)CC(=O)O.[Co].[K+]. The molecule has 0 atom stereocenters. The first-order valence-electron chi connectivity index (χ1n) is 5.52. The molecule has 0 aliphatic rings. The number of aliphatic carboxylic acids is 4. The second-order valence-corrected chi connectivity index (χ2v) is 4.00. The first kappa shape index (κ1) is 26.8. The summed E-state index contributed by atoms with van der Waals surface area (Å²) < 4.78 is 0. The number of hydrogen-bond donors (Lipinski definition) is 4. The number of nitrogens with zero attached hydrogens (tertiary/aromatic N) is 2. The predicted molar refractivity (Wildman–Crippen MR) is 63.4 cm³/mol. The topological polar surface area (TPSA) is 156 Å². The van der Waals surface area contributed by atoms with Crippen LogP contribution in [0.2, 0.25) is 0 Å². The molecular weight excluding hydrogens is 374 g/mol. The molecule has 0 aliphatic carbocycles. The molecule has 0 saturated carbocycles. The molecule has 0 spiro atoms. The van der Waals surface area contributed by atoms with Gasteiger partial charge in [-0.1, -0.05) is 0 Å². The molecule has 4 N–H and O–H groups in total. The van der Waals surface area contributed by atoms with Gasteiger partial charge in [-0.25, -0.2) is 0 Å². The van der Waals surface area contributed by atoms with Gasteiger partial charge in [0.15, 0.2) is 0 Å². The summed E-state index contributed by atoms with van der Waals surface area (Å²) >= 11 is 0. The molecule has 0 fully saturated rings. The van der Waals surface area contributed by atoms with E-state index in [-0.39, 0.29) is 81.3 Å². The zero-order valence-corrected chi connectivity index (χ0v) is 16.1. The van der Waals surface area contributed by atoms with Crippen LogP contribution in [0, 0.1) is 0 Å². The van der Waals surface area contributed by atoms with Gasteiger partial charge in [0, 0.05) is 29.9 Å². The molecular formula is C10H16CoKN2O8+. The zero-order chi connectivity index (χ0) is 15.7. The van der Waals surface area contributed by atoms with Crippen LogP contribution >= 0.6 is 0 Å². The Labute approximate surface area is 179 Å². The Balaban J connectivity index is -0.00000180. The fourth-order valence-electron chi connectivity index (χ4n) is 1.48. The van der Waals surface area contributed by atoms with Gasteiger partial charge in [0.25, 0.3) is 0 Å². The molecule has 0 bridgehead atoms. The fourth-order valence-corrected chi connectivity index (χ4v) is 1.48. The summed E-state index contributed by atoms with van der Waals surface area (Å²) in [5, 5.41) is 34.5. The van der Waals surface area contributed by atoms with Gasteiger partial charge in [-0.2, -0.15) is 0 Å². The molecule has 0 aromatic carbocycles. The maximum atomic E-state index is 10.6. The fraction of sp³-hybridized carbons (Fsp3) is 0.600. The zero-order valence-electron chi connectivity index (χ0n) is 11.9. The number of rotatable bonds is 11. The molecule has 0 saturated heterocycles. The van der Waals surface area contributed by atoms with Gasteiger partial charge in [0.1, 0.15) is 0 Å². The van der Waals surface area contributed by atoms with Gasteiger partial charge < -0.3 is 20.4 Å². The average Bonchev–Trinajstić information content (AvgIpc) is 2.22. The van der Waals surface area contributed by atoms with Crippen molar-refractivity contribution in [2.24, 2.45) is 0 Å². The van der Waals surface area contributed by atoms with Crippen molar-refractivity contribution in [2.45, 2.75) is 0 Å². The van der Waals surface area contributed by atoms with Crippen molar-refractivity contribution in [2.75, 3.05) is 39.3 Å². The summed E-state index contributed by atoms with van der Waals surface area (Å²) in [5.41, 5.74) is 0. The third-order valence-corrected chi connectivity index (χ3v) is 2.17. The van der Waals surface area contributed by atoms with Gasteiger partial charge in [0.05, 0.1) is 26.2 Å². The Bertz CT molecular complexity index is 327. The predicted octanol–water partition coefficient (Wildman–Crippen LogP) is -5.07. The normalized spacial score (nSPS) is 9.73. The van der Waals surface area contributed by atoms with E-state index in [1.807, 2.05) is 0 Å². The van der Waals surface area contributed by atoms with Crippen molar-refractivity contribution >= 4 is 23.9 Å². The van der Waals surface area contributed by atoms with Gasteiger partial charge in [-0.05, 0) is 0 Å². The molecule has 12 heteroatoms. The van der Waals surface area contributed by atoms with Gasteiger partial charge in [-0.15, -0.1) is 0 Å². The van der Waals surface area contributed by atoms with Gasteiger partial charge in [-0.3, -0.25) is 29.0 Å². The van der Waals surface area contributed by atoms with Gasteiger partial charge in [0.2, 0.25) is 0 Å². The van der Waals surface area contributed by atoms with E-state index in [4.69, 9.17) is 20.4 Å². The molecule has 0 aromatic rings. The maximum Gasteiger partial charge on any atom is 1.00 e. The van der Waals surface area contributed by atoms with Crippen LogP contribution in [0.1, 0.15) is 0 Å². The van der Waals surface area contributed by atoms with E-state index in [0.717, 1.165) is 9.80 Å². The van der Waals surface area contributed by atoms with E-state index in [9.17, 15) is 19.2 Å². The monoisotopic (exact) mass is 390 g/mol.